The molecule has 1 aliphatic rings. The molecule has 0 aromatic carbocycles. The summed E-state index contributed by atoms with van der Waals surface area (Å²) in [6.07, 6.45) is -2.12. The van der Waals surface area contributed by atoms with Gasteiger partial charge in [-0.3, -0.25) is 4.79 Å². The van der Waals surface area contributed by atoms with Crippen LogP contribution in [0.4, 0.5) is 19.0 Å². The number of anilines is 1. The van der Waals surface area contributed by atoms with Crippen LogP contribution in [0.25, 0.3) is 0 Å². The molecule has 1 saturated carbocycles. The van der Waals surface area contributed by atoms with E-state index in [9.17, 15) is 18.0 Å². The average molecular weight is 342 g/mol. The molecule has 1 heterocycles. The van der Waals surface area contributed by atoms with Crippen molar-refractivity contribution >= 4 is 34.9 Å². The Bertz CT molecular complexity index is 539. The van der Waals surface area contributed by atoms with Crippen LogP contribution >= 0.6 is 23.2 Å². The lowest BCUT2D eigenvalue weighted by atomic mass is 9.78. The van der Waals surface area contributed by atoms with Crippen molar-refractivity contribution in [3.63, 3.8) is 0 Å². The van der Waals surface area contributed by atoms with E-state index in [4.69, 9.17) is 23.2 Å². The van der Waals surface area contributed by atoms with Gasteiger partial charge in [0, 0.05) is 5.92 Å². The Kier molecular flexibility index (Phi) is 4.93. The van der Waals surface area contributed by atoms with Gasteiger partial charge in [-0.05, 0) is 12.8 Å². The van der Waals surface area contributed by atoms with Crippen LogP contribution in [0.5, 0.6) is 0 Å². The number of aromatic nitrogens is 2. The fourth-order valence-corrected chi connectivity index (χ4v) is 2.76. The summed E-state index contributed by atoms with van der Waals surface area (Å²) in [6, 6.07) is 0. The molecule has 9 heteroatoms. The maximum absolute atomic E-state index is 13.0. The van der Waals surface area contributed by atoms with Crippen molar-refractivity contribution < 1.29 is 18.0 Å². The second kappa shape index (κ2) is 6.36. The van der Waals surface area contributed by atoms with Crippen LogP contribution in [0, 0.1) is 11.8 Å². The van der Waals surface area contributed by atoms with E-state index in [1.807, 2.05) is 0 Å². The fourth-order valence-electron chi connectivity index (χ4n) is 2.48. The number of alkyl halides is 3. The van der Waals surface area contributed by atoms with Crippen molar-refractivity contribution in [2.45, 2.75) is 31.9 Å². The molecule has 1 aromatic heterocycles. The van der Waals surface area contributed by atoms with Gasteiger partial charge in [0.1, 0.15) is 11.3 Å². The van der Waals surface area contributed by atoms with E-state index >= 15 is 0 Å². The van der Waals surface area contributed by atoms with Gasteiger partial charge in [-0.15, -0.1) is 0 Å². The number of nitrogens with zero attached hydrogens (tertiary/aromatic N) is 2. The number of hydrogen-bond donors (Lipinski definition) is 1. The topological polar surface area (TPSA) is 54.9 Å². The van der Waals surface area contributed by atoms with Crippen molar-refractivity contribution in [3.05, 3.63) is 16.5 Å². The Hall–Kier alpha value is -1.08. The first-order valence-electron chi connectivity index (χ1n) is 6.34. The van der Waals surface area contributed by atoms with Crippen molar-refractivity contribution in [2.75, 3.05) is 5.32 Å². The van der Waals surface area contributed by atoms with Gasteiger partial charge >= 0.3 is 6.18 Å². The smallest absolute Gasteiger partial charge is 0.309 e. The summed E-state index contributed by atoms with van der Waals surface area (Å²) >= 11 is 11.5. The largest absolute Gasteiger partial charge is 0.392 e. The van der Waals surface area contributed by atoms with E-state index in [2.05, 4.69) is 15.3 Å². The van der Waals surface area contributed by atoms with Gasteiger partial charge in [0.25, 0.3) is 0 Å². The molecular weight excluding hydrogens is 330 g/mol. The number of carbonyl (C=O) groups is 1. The summed E-state index contributed by atoms with van der Waals surface area (Å²) in [7, 11) is 0. The number of nitrogens with one attached hydrogen (secondary N) is 1. The Morgan fingerprint density at radius 3 is 2.57 bits per heavy atom. The van der Waals surface area contributed by atoms with Gasteiger partial charge in [0.05, 0.1) is 5.92 Å². The molecule has 1 aromatic rings. The highest BCUT2D eigenvalue weighted by Crippen LogP contribution is 2.42. The first-order valence-corrected chi connectivity index (χ1v) is 7.10. The number of hydrogen-bond acceptors (Lipinski definition) is 3. The zero-order chi connectivity index (χ0) is 15.6. The number of rotatable bonds is 2. The van der Waals surface area contributed by atoms with Crippen molar-refractivity contribution in [3.8, 4) is 0 Å². The van der Waals surface area contributed by atoms with Gasteiger partial charge < -0.3 is 5.32 Å². The van der Waals surface area contributed by atoms with Crippen LogP contribution in [0.1, 0.15) is 25.7 Å². The van der Waals surface area contributed by atoms with E-state index < -0.39 is 23.9 Å². The maximum atomic E-state index is 13.0. The first kappa shape index (κ1) is 16.3. The SMILES string of the molecule is O=C(Nc1ncnc(Cl)c1Cl)C1CCCCC1C(F)(F)F. The number of amides is 1. The van der Waals surface area contributed by atoms with Gasteiger partial charge in [0.2, 0.25) is 5.91 Å². The molecule has 1 aliphatic carbocycles. The van der Waals surface area contributed by atoms with E-state index in [0.717, 1.165) is 6.33 Å². The van der Waals surface area contributed by atoms with Crippen molar-refractivity contribution in [2.24, 2.45) is 11.8 Å². The molecule has 0 aliphatic heterocycles. The van der Waals surface area contributed by atoms with Crippen molar-refractivity contribution in [1.29, 1.82) is 0 Å². The average Bonchev–Trinajstić information content (AvgIpc) is 2.43. The molecular formula is C12H12Cl2F3N3O. The summed E-state index contributed by atoms with van der Waals surface area (Å²) in [4.78, 5) is 19.4. The van der Waals surface area contributed by atoms with E-state index in [1.54, 1.807) is 0 Å². The molecule has 1 N–H and O–H groups in total. The predicted molar refractivity (Wildman–Crippen MR) is 72.2 cm³/mol. The molecule has 2 unspecified atom stereocenters. The number of halogens is 5. The molecule has 2 atom stereocenters. The summed E-state index contributed by atoms with van der Waals surface area (Å²) in [5.41, 5.74) is 0. The predicted octanol–water partition coefficient (Wildman–Crippen LogP) is 4.09. The van der Waals surface area contributed by atoms with Crippen LogP contribution in [0.15, 0.2) is 6.33 Å². The summed E-state index contributed by atoms with van der Waals surface area (Å²) in [5.74, 6) is -3.59. The van der Waals surface area contributed by atoms with Gasteiger partial charge in [-0.2, -0.15) is 13.2 Å². The van der Waals surface area contributed by atoms with Crippen LogP contribution in [-0.4, -0.2) is 22.1 Å². The van der Waals surface area contributed by atoms with Gasteiger partial charge in [-0.25, -0.2) is 9.97 Å². The lowest BCUT2D eigenvalue weighted by Crippen LogP contribution is -2.39. The van der Waals surface area contributed by atoms with Crippen LogP contribution < -0.4 is 5.32 Å². The molecule has 0 spiro atoms. The van der Waals surface area contributed by atoms with E-state index in [0.29, 0.717) is 12.8 Å². The highest BCUT2D eigenvalue weighted by molar-refractivity contribution is 6.42. The molecule has 21 heavy (non-hydrogen) atoms. The van der Waals surface area contributed by atoms with E-state index in [1.165, 1.54) is 0 Å². The minimum atomic E-state index is -4.39. The molecule has 1 fully saturated rings. The minimum Gasteiger partial charge on any atom is -0.309 e. The second-order valence-corrected chi connectivity index (χ2v) is 5.59. The molecule has 1 amide bonds. The van der Waals surface area contributed by atoms with Crippen molar-refractivity contribution in [1.82, 2.24) is 9.97 Å². The van der Waals surface area contributed by atoms with Crippen LogP contribution in [-0.2, 0) is 4.79 Å². The molecule has 4 nitrogen and oxygen atoms in total. The Morgan fingerprint density at radius 1 is 1.24 bits per heavy atom. The number of carbonyl (C=O) groups excluding carboxylic acids is 1. The summed E-state index contributed by atoms with van der Waals surface area (Å²) < 4.78 is 38.9. The lowest BCUT2D eigenvalue weighted by molar-refractivity contribution is -0.197. The molecule has 0 bridgehead atoms. The second-order valence-electron chi connectivity index (χ2n) is 4.86. The lowest BCUT2D eigenvalue weighted by Gasteiger charge is -2.31. The zero-order valence-electron chi connectivity index (χ0n) is 10.8. The summed E-state index contributed by atoms with van der Waals surface area (Å²) in [6.45, 7) is 0. The normalized spacial score (nSPS) is 22.9. The fraction of sp³-hybridized carbons (Fsp3) is 0.583. The zero-order valence-corrected chi connectivity index (χ0v) is 12.3. The first-order chi connectivity index (χ1) is 9.80. The Balaban J connectivity index is 2.16. The minimum absolute atomic E-state index is 0.0418. The third kappa shape index (κ3) is 3.77. The van der Waals surface area contributed by atoms with Crippen LogP contribution in [0.3, 0.4) is 0 Å². The van der Waals surface area contributed by atoms with Gasteiger partial charge in [0.15, 0.2) is 11.0 Å². The van der Waals surface area contributed by atoms with Gasteiger partial charge in [-0.1, -0.05) is 36.0 Å². The third-order valence-corrected chi connectivity index (χ3v) is 4.25. The molecule has 0 radical (unpaired) electrons. The highest BCUT2D eigenvalue weighted by Gasteiger charge is 2.48. The Labute approximate surface area is 129 Å². The summed E-state index contributed by atoms with van der Waals surface area (Å²) in [5, 5.41) is 2.15. The van der Waals surface area contributed by atoms with E-state index in [-0.39, 0.29) is 28.8 Å². The highest BCUT2D eigenvalue weighted by atomic mass is 35.5. The monoisotopic (exact) mass is 341 g/mol. The van der Waals surface area contributed by atoms with Crippen LogP contribution in [0.2, 0.25) is 10.2 Å². The maximum Gasteiger partial charge on any atom is 0.392 e. The Morgan fingerprint density at radius 2 is 1.90 bits per heavy atom. The standard InChI is InChI=1S/C12H12Cl2F3N3O/c13-8-9(14)18-5-19-10(8)20-11(21)6-3-1-2-4-7(6)12(15,16)17/h5-7H,1-4H2,(H,18,19,20,21). The third-order valence-electron chi connectivity index (χ3n) is 3.51. The molecule has 2 rings (SSSR count). The molecule has 0 saturated heterocycles. The quantitative estimate of drug-likeness (QED) is 0.824. The molecule has 116 valence electrons.